The first kappa shape index (κ1) is 16.5. The van der Waals surface area contributed by atoms with Gasteiger partial charge in [-0.05, 0) is 23.8 Å². The summed E-state index contributed by atoms with van der Waals surface area (Å²) in [6.07, 6.45) is -4.56. The molecule has 0 aliphatic heterocycles. The van der Waals surface area contributed by atoms with E-state index in [0.717, 1.165) is 12.1 Å². The Hall–Kier alpha value is -2.90. The van der Waals surface area contributed by atoms with Crippen molar-refractivity contribution in [3.63, 3.8) is 0 Å². The SMILES string of the molecule is O=C(Cc1ccc(C(F)(F)F)cc1)Nc1cccc([N+](=O)[O-])c1. The Bertz CT molecular complexity index is 727. The molecule has 0 spiro atoms. The molecule has 23 heavy (non-hydrogen) atoms. The highest BCUT2D eigenvalue weighted by Crippen LogP contribution is 2.29. The lowest BCUT2D eigenvalue weighted by Crippen LogP contribution is -2.14. The van der Waals surface area contributed by atoms with Crippen LogP contribution in [0.5, 0.6) is 0 Å². The molecule has 0 fully saturated rings. The van der Waals surface area contributed by atoms with E-state index in [1.807, 2.05) is 0 Å². The van der Waals surface area contributed by atoms with Gasteiger partial charge in [-0.15, -0.1) is 0 Å². The van der Waals surface area contributed by atoms with E-state index in [1.165, 1.54) is 36.4 Å². The van der Waals surface area contributed by atoms with Crippen LogP contribution in [0.25, 0.3) is 0 Å². The summed E-state index contributed by atoms with van der Waals surface area (Å²) in [4.78, 5) is 21.9. The fraction of sp³-hybridized carbons (Fsp3) is 0.133. The van der Waals surface area contributed by atoms with Crippen molar-refractivity contribution in [1.29, 1.82) is 0 Å². The average Bonchev–Trinajstić information content (AvgIpc) is 2.47. The lowest BCUT2D eigenvalue weighted by atomic mass is 10.1. The third-order valence-corrected chi connectivity index (χ3v) is 2.99. The smallest absolute Gasteiger partial charge is 0.326 e. The summed E-state index contributed by atoms with van der Waals surface area (Å²) < 4.78 is 37.3. The van der Waals surface area contributed by atoms with Crippen molar-refractivity contribution < 1.29 is 22.9 Å². The first-order valence-electron chi connectivity index (χ1n) is 6.46. The molecule has 0 atom stereocenters. The van der Waals surface area contributed by atoms with Gasteiger partial charge in [0.05, 0.1) is 16.9 Å². The number of hydrogen-bond acceptors (Lipinski definition) is 3. The van der Waals surface area contributed by atoms with E-state index in [4.69, 9.17) is 0 Å². The summed E-state index contributed by atoms with van der Waals surface area (Å²) in [7, 11) is 0. The number of nitrogens with one attached hydrogen (secondary N) is 1. The molecule has 8 heteroatoms. The topological polar surface area (TPSA) is 72.2 Å². The highest BCUT2D eigenvalue weighted by atomic mass is 19.4. The zero-order chi connectivity index (χ0) is 17.0. The number of amides is 1. The van der Waals surface area contributed by atoms with Crippen LogP contribution >= 0.6 is 0 Å². The molecular weight excluding hydrogens is 313 g/mol. The minimum absolute atomic E-state index is 0.138. The molecule has 0 saturated carbocycles. The number of benzene rings is 2. The number of nitrogens with zero attached hydrogens (tertiary/aromatic N) is 1. The lowest BCUT2D eigenvalue weighted by molar-refractivity contribution is -0.384. The van der Waals surface area contributed by atoms with Gasteiger partial charge in [-0.25, -0.2) is 0 Å². The van der Waals surface area contributed by atoms with Gasteiger partial charge in [0.1, 0.15) is 0 Å². The third kappa shape index (κ3) is 4.53. The van der Waals surface area contributed by atoms with Gasteiger partial charge in [0.25, 0.3) is 5.69 Å². The molecule has 0 aromatic heterocycles. The number of nitro groups is 1. The number of nitro benzene ring substituents is 1. The number of carbonyl (C=O) groups is 1. The quantitative estimate of drug-likeness (QED) is 0.687. The first-order valence-corrected chi connectivity index (χ1v) is 6.46. The van der Waals surface area contributed by atoms with E-state index in [1.54, 1.807) is 0 Å². The largest absolute Gasteiger partial charge is 0.416 e. The second-order valence-corrected chi connectivity index (χ2v) is 4.73. The van der Waals surface area contributed by atoms with Crippen LogP contribution in [0.4, 0.5) is 24.5 Å². The Balaban J connectivity index is 2.02. The lowest BCUT2D eigenvalue weighted by Gasteiger charge is -2.08. The molecule has 1 N–H and O–H groups in total. The van der Waals surface area contributed by atoms with Crippen molar-refractivity contribution >= 4 is 17.3 Å². The molecular formula is C15H11F3N2O3. The maximum absolute atomic E-state index is 12.4. The van der Waals surface area contributed by atoms with Crippen molar-refractivity contribution in [3.8, 4) is 0 Å². The van der Waals surface area contributed by atoms with Crippen LogP contribution in [0.15, 0.2) is 48.5 Å². The maximum atomic E-state index is 12.4. The fourth-order valence-electron chi connectivity index (χ4n) is 1.90. The fourth-order valence-corrected chi connectivity index (χ4v) is 1.90. The van der Waals surface area contributed by atoms with E-state index in [0.29, 0.717) is 5.56 Å². The Kier molecular flexibility index (Phi) is 4.63. The number of non-ortho nitro benzene ring substituents is 1. The Morgan fingerprint density at radius 3 is 2.35 bits per heavy atom. The molecule has 2 aromatic carbocycles. The number of anilines is 1. The summed E-state index contributed by atoms with van der Waals surface area (Å²) in [5, 5.41) is 13.1. The van der Waals surface area contributed by atoms with E-state index >= 15 is 0 Å². The molecule has 1 amide bonds. The van der Waals surface area contributed by atoms with Crippen molar-refractivity contribution in [2.24, 2.45) is 0 Å². The van der Waals surface area contributed by atoms with E-state index in [2.05, 4.69) is 5.32 Å². The molecule has 0 heterocycles. The molecule has 0 bridgehead atoms. The maximum Gasteiger partial charge on any atom is 0.416 e. The van der Waals surface area contributed by atoms with Gasteiger partial charge in [0.15, 0.2) is 0 Å². The second kappa shape index (κ2) is 6.47. The van der Waals surface area contributed by atoms with Gasteiger partial charge in [-0.3, -0.25) is 14.9 Å². The minimum Gasteiger partial charge on any atom is -0.326 e. The summed E-state index contributed by atoms with van der Waals surface area (Å²) in [5.74, 6) is -0.481. The monoisotopic (exact) mass is 324 g/mol. The predicted octanol–water partition coefficient (Wildman–Crippen LogP) is 3.79. The summed E-state index contributed by atoms with van der Waals surface area (Å²) in [6, 6.07) is 9.62. The minimum atomic E-state index is -4.43. The molecule has 120 valence electrons. The van der Waals surface area contributed by atoms with Crippen LogP contribution in [-0.4, -0.2) is 10.8 Å². The molecule has 0 aliphatic carbocycles. The van der Waals surface area contributed by atoms with Crippen molar-refractivity contribution in [3.05, 3.63) is 69.8 Å². The molecule has 0 unspecified atom stereocenters. The molecule has 5 nitrogen and oxygen atoms in total. The number of carbonyl (C=O) groups excluding carboxylic acids is 1. The van der Waals surface area contributed by atoms with E-state index in [-0.39, 0.29) is 17.8 Å². The van der Waals surface area contributed by atoms with Crippen LogP contribution in [0.2, 0.25) is 0 Å². The van der Waals surface area contributed by atoms with Crippen LogP contribution in [-0.2, 0) is 17.4 Å². The van der Waals surface area contributed by atoms with Gasteiger partial charge in [0.2, 0.25) is 5.91 Å². The Morgan fingerprint density at radius 2 is 1.78 bits per heavy atom. The van der Waals surface area contributed by atoms with Gasteiger partial charge >= 0.3 is 6.18 Å². The van der Waals surface area contributed by atoms with Crippen LogP contribution in [0.3, 0.4) is 0 Å². The molecule has 2 aromatic rings. The first-order chi connectivity index (χ1) is 10.8. The Morgan fingerprint density at radius 1 is 1.13 bits per heavy atom. The number of hydrogen-bond donors (Lipinski definition) is 1. The zero-order valence-electron chi connectivity index (χ0n) is 11.6. The highest BCUT2D eigenvalue weighted by molar-refractivity contribution is 5.92. The Labute approximate surface area is 128 Å². The van der Waals surface area contributed by atoms with E-state index < -0.39 is 22.6 Å². The van der Waals surface area contributed by atoms with Gasteiger partial charge in [-0.1, -0.05) is 18.2 Å². The molecule has 0 aliphatic rings. The van der Waals surface area contributed by atoms with Crippen molar-refractivity contribution in [2.75, 3.05) is 5.32 Å². The average molecular weight is 324 g/mol. The standard InChI is InChI=1S/C15H11F3N2O3/c16-15(17,18)11-6-4-10(5-7-11)8-14(21)19-12-2-1-3-13(9-12)20(22)23/h1-7,9H,8H2,(H,19,21). The van der Waals surface area contributed by atoms with Crippen molar-refractivity contribution in [2.45, 2.75) is 12.6 Å². The number of rotatable bonds is 4. The summed E-state index contributed by atoms with van der Waals surface area (Å²) >= 11 is 0. The highest BCUT2D eigenvalue weighted by Gasteiger charge is 2.29. The normalized spacial score (nSPS) is 11.1. The molecule has 2 rings (SSSR count). The van der Waals surface area contributed by atoms with Gasteiger partial charge in [-0.2, -0.15) is 13.2 Å². The van der Waals surface area contributed by atoms with Gasteiger partial charge in [0, 0.05) is 17.8 Å². The molecule has 0 radical (unpaired) electrons. The number of alkyl halides is 3. The van der Waals surface area contributed by atoms with Crippen LogP contribution < -0.4 is 5.32 Å². The summed E-state index contributed by atoms with van der Waals surface area (Å²) in [5.41, 5.74) is -0.310. The van der Waals surface area contributed by atoms with Crippen molar-refractivity contribution in [1.82, 2.24) is 0 Å². The molecule has 0 saturated heterocycles. The van der Waals surface area contributed by atoms with Gasteiger partial charge < -0.3 is 5.32 Å². The second-order valence-electron chi connectivity index (χ2n) is 4.73. The third-order valence-electron chi connectivity index (χ3n) is 2.99. The zero-order valence-corrected chi connectivity index (χ0v) is 11.6. The summed E-state index contributed by atoms with van der Waals surface area (Å²) in [6.45, 7) is 0. The predicted molar refractivity (Wildman–Crippen MR) is 76.9 cm³/mol. The van der Waals surface area contributed by atoms with E-state index in [9.17, 15) is 28.1 Å². The van der Waals surface area contributed by atoms with Crippen LogP contribution in [0, 0.1) is 10.1 Å². The van der Waals surface area contributed by atoms with Crippen LogP contribution in [0.1, 0.15) is 11.1 Å². The number of halogens is 3.